The van der Waals surface area contributed by atoms with Crippen molar-refractivity contribution in [1.29, 1.82) is 0 Å². The fourth-order valence-corrected chi connectivity index (χ4v) is 3.95. The van der Waals surface area contributed by atoms with E-state index < -0.39 is 0 Å². The van der Waals surface area contributed by atoms with Crippen LogP contribution in [0.1, 0.15) is 11.4 Å². The van der Waals surface area contributed by atoms with E-state index in [0.717, 1.165) is 39.9 Å². The number of hydrogen-bond donors (Lipinski definition) is 1. The maximum atomic E-state index is 11.7. The zero-order valence-corrected chi connectivity index (χ0v) is 17.5. The molecule has 7 nitrogen and oxygen atoms in total. The van der Waals surface area contributed by atoms with Crippen LogP contribution in [0.3, 0.4) is 0 Å². The highest BCUT2D eigenvalue weighted by molar-refractivity contribution is 8.15. The third kappa shape index (κ3) is 4.49. The molecule has 0 radical (unpaired) electrons. The first-order chi connectivity index (χ1) is 13.5. The molecular formula is C20H20ClN3O4S. The van der Waals surface area contributed by atoms with Crippen LogP contribution >= 0.6 is 24.2 Å². The van der Waals surface area contributed by atoms with Gasteiger partial charge in [-0.2, -0.15) is 0 Å². The molecule has 2 amide bonds. The standard InChI is InChI=1S/C20H19N3O4S.ClH/c1-23-16-10-14(26-2)7-8-15(16)21-18(23)11-27-13-5-3-12(4-6-13)9-17-19(24)22-20(25)28-17;/h3-8,10,17H,9,11H2,1-2H3,(H,22,24,25);1H. The zero-order chi connectivity index (χ0) is 19.7. The molecule has 2 heterocycles. The van der Waals surface area contributed by atoms with Crippen molar-refractivity contribution in [3.05, 3.63) is 53.9 Å². The summed E-state index contributed by atoms with van der Waals surface area (Å²) < 4.78 is 13.1. The molecule has 3 aromatic rings. The maximum Gasteiger partial charge on any atom is 0.286 e. The molecular weight excluding hydrogens is 414 g/mol. The molecule has 0 aliphatic carbocycles. The Kier molecular flexibility index (Phi) is 6.34. The van der Waals surface area contributed by atoms with Gasteiger partial charge in [-0.15, -0.1) is 12.4 Å². The summed E-state index contributed by atoms with van der Waals surface area (Å²) in [4.78, 5) is 27.5. The van der Waals surface area contributed by atoms with Crippen LogP contribution in [0.2, 0.25) is 0 Å². The minimum atomic E-state index is -0.365. The Morgan fingerprint density at radius 1 is 1.14 bits per heavy atom. The Labute approximate surface area is 178 Å². The Bertz CT molecular complexity index is 1050. The lowest BCUT2D eigenvalue weighted by Gasteiger charge is -2.09. The molecule has 0 spiro atoms. The number of imidazole rings is 1. The van der Waals surface area contributed by atoms with Crippen LogP contribution in [0.5, 0.6) is 11.5 Å². The number of methoxy groups -OCH3 is 1. The van der Waals surface area contributed by atoms with Gasteiger partial charge in [0.1, 0.15) is 23.9 Å². The second-order valence-corrected chi connectivity index (χ2v) is 7.64. The summed E-state index contributed by atoms with van der Waals surface area (Å²) in [5.74, 6) is 2.08. The summed E-state index contributed by atoms with van der Waals surface area (Å²) in [5.41, 5.74) is 2.85. The number of fused-ring (bicyclic) bond motifs is 1. The molecule has 9 heteroatoms. The lowest BCUT2D eigenvalue weighted by atomic mass is 10.1. The summed E-state index contributed by atoms with van der Waals surface area (Å²) in [6, 6.07) is 13.3. The fraction of sp³-hybridized carbons (Fsp3) is 0.250. The van der Waals surface area contributed by atoms with E-state index in [9.17, 15) is 9.59 Å². The van der Waals surface area contributed by atoms with Crippen molar-refractivity contribution in [3.8, 4) is 11.5 Å². The van der Waals surface area contributed by atoms with Crippen LogP contribution in [-0.4, -0.2) is 33.1 Å². The highest BCUT2D eigenvalue weighted by Crippen LogP contribution is 2.25. The average molecular weight is 434 g/mol. The Hall–Kier alpha value is -2.71. The minimum absolute atomic E-state index is 0. The number of benzene rings is 2. The van der Waals surface area contributed by atoms with Gasteiger partial charge in [-0.3, -0.25) is 14.9 Å². The average Bonchev–Trinajstić information content (AvgIpc) is 3.19. The summed E-state index contributed by atoms with van der Waals surface area (Å²) in [5, 5.41) is 1.66. The molecule has 0 saturated carbocycles. The molecule has 2 aromatic carbocycles. The van der Waals surface area contributed by atoms with Gasteiger partial charge in [-0.25, -0.2) is 4.98 Å². The SMILES string of the molecule is COc1ccc2nc(COc3ccc(CC4SC(=O)NC4=O)cc3)n(C)c2c1.Cl. The van der Waals surface area contributed by atoms with E-state index in [1.807, 2.05) is 54.1 Å². The van der Waals surface area contributed by atoms with Crippen molar-refractivity contribution >= 4 is 46.3 Å². The van der Waals surface area contributed by atoms with Gasteiger partial charge in [0, 0.05) is 13.1 Å². The first-order valence-electron chi connectivity index (χ1n) is 8.76. The number of nitrogens with zero attached hydrogens (tertiary/aromatic N) is 2. The van der Waals surface area contributed by atoms with E-state index in [1.54, 1.807) is 7.11 Å². The van der Waals surface area contributed by atoms with Crippen LogP contribution in [0, 0.1) is 0 Å². The van der Waals surface area contributed by atoms with Gasteiger partial charge in [0.2, 0.25) is 5.91 Å². The molecule has 1 aromatic heterocycles. The van der Waals surface area contributed by atoms with Crippen LogP contribution in [0.25, 0.3) is 11.0 Å². The summed E-state index contributed by atoms with van der Waals surface area (Å²) >= 11 is 1.04. The van der Waals surface area contributed by atoms with E-state index in [0.29, 0.717) is 18.8 Å². The second-order valence-electron chi connectivity index (χ2n) is 6.46. The predicted molar refractivity (Wildman–Crippen MR) is 114 cm³/mol. The number of halogens is 1. The molecule has 152 valence electrons. The molecule has 1 unspecified atom stereocenters. The normalized spacial score (nSPS) is 15.9. The van der Waals surface area contributed by atoms with Crippen molar-refractivity contribution in [2.75, 3.05) is 7.11 Å². The van der Waals surface area contributed by atoms with Crippen LogP contribution in [0.15, 0.2) is 42.5 Å². The fourth-order valence-electron chi connectivity index (χ4n) is 3.09. The number of thioether (sulfide) groups is 1. The maximum absolute atomic E-state index is 11.7. The van der Waals surface area contributed by atoms with Crippen molar-refractivity contribution < 1.29 is 19.1 Å². The number of carbonyl (C=O) groups excluding carboxylic acids is 2. The number of hydrogen-bond acceptors (Lipinski definition) is 6. The highest BCUT2D eigenvalue weighted by Gasteiger charge is 2.31. The molecule has 29 heavy (non-hydrogen) atoms. The Balaban J connectivity index is 0.00000240. The van der Waals surface area contributed by atoms with Gasteiger partial charge in [0.15, 0.2) is 0 Å². The number of ether oxygens (including phenoxy) is 2. The van der Waals surface area contributed by atoms with E-state index in [4.69, 9.17) is 9.47 Å². The molecule has 1 saturated heterocycles. The number of nitrogens with one attached hydrogen (secondary N) is 1. The van der Waals surface area contributed by atoms with E-state index in [1.165, 1.54) is 0 Å². The zero-order valence-electron chi connectivity index (χ0n) is 15.9. The van der Waals surface area contributed by atoms with Crippen molar-refractivity contribution in [2.45, 2.75) is 18.3 Å². The summed E-state index contributed by atoms with van der Waals surface area (Å²) in [7, 11) is 3.59. The van der Waals surface area contributed by atoms with Gasteiger partial charge < -0.3 is 14.0 Å². The number of aromatic nitrogens is 2. The Morgan fingerprint density at radius 3 is 2.52 bits per heavy atom. The molecule has 1 N–H and O–H groups in total. The van der Waals surface area contributed by atoms with Crippen molar-refractivity contribution in [3.63, 3.8) is 0 Å². The van der Waals surface area contributed by atoms with Crippen molar-refractivity contribution in [2.24, 2.45) is 7.05 Å². The summed E-state index contributed by atoms with van der Waals surface area (Å²) in [6.45, 7) is 0.336. The number of aryl methyl sites for hydroxylation is 1. The quantitative estimate of drug-likeness (QED) is 0.640. The first-order valence-corrected chi connectivity index (χ1v) is 9.64. The van der Waals surface area contributed by atoms with E-state index >= 15 is 0 Å². The van der Waals surface area contributed by atoms with Crippen LogP contribution < -0.4 is 14.8 Å². The molecule has 1 aliphatic heterocycles. The number of imide groups is 1. The van der Waals surface area contributed by atoms with E-state index in [-0.39, 0.29) is 28.8 Å². The highest BCUT2D eigenvalue weighted by atomic mass is 35.5. The monoisotopic (exact) mass is 433 g/mol. The Morgan fingerprint density at radius 2 is 1.86 bits per heavy atom. The van der Waals surface area contributed by atoms with E-state index in [2.05, 4.69) is 10.3 Å². The van der Waals surface area contributed by atoms with Gasteiger partial charge >= 0.3 is 0 Å². The van der Waals surface area contributed by atoms with Crippen LogP contribution in [-0.2, 0) is 24.9 Å². The van der Waals surface area contributed by atoms with Crippen molar-refractivity contribution in [1.82, 2.24) is 14.9 Å². The lowest BCUT2D eigenvalue weighted by molar-refractivity contribution is -0.118. The third-order valence-corrected chi connectivity index (χ3v) is 5.64. The molecule has 0 bridgehead atoms. The lowest BCUT2D eigenvalue weighted by Crippen LogP contribution is -2.25. The van der Waals surface area contributed by atoms with Gasteiger partial charge in [-0.05, 0) is 36.2 Å². The molecule has 1 atom stereocenters. The predicted octanol–water partition coefficient (Wildman–Crippen LogP) is 3.48. The van der Waals surface area contributed by atoms with Gasteiger partial charge in [-0.1, -0.05) is 23.9 Å². The smallest absolute Gasteiger partial charge is 0.286 e. The minimum Gasteiger partial charge on any atom is -0.497 e. The van der Waals surface area contributed by atoms with Crippen LogP contribution in [0.4, 0.5) is 4.79 Å². The van der Waals surface area contributed by atoms with Gasteiger partial charge in [0.05, 0.1) is 23.4 Å². The largest absolute Gasteiger partial charge is 0.497 e. The topological polar surface area (TPSA) is 82.5 Å². The number of amides is 2. The number of carbonyl (C=O) groups is 2. The molecule has 4 rings (SSSR count). The second kappa shape index (κ2) is 8.75. The number of rotatable bonds is 6. The van der Waals surface area contributed by atoms with Gasteiger partial charge in [0.25, 0.3) is 5.24 Å². The molecule has 1 fully saturated rings. The molecule has 1 aliphatic rings. The third-order valence-electron chi connectivity index (χ3n) is 4.66. The first kappa shape index (κ1) is 21.0. The summed E-state index contributed by atoms with van der Waals surface area (Å²) in [6.07, 6.45) is 0.509.